The van der Waals surface area contributed by atoms with Gasteiger partial charge in [-0.3, -0.25) is 4.79 Å². The molecule has 1 aromatic rings. The van der Waals surface area contributed by atoms with Crippen molar-refractivity contribution in [1.29, 1.82) is 0 Å². The van der Waals surface area contributed by atoms with Crippen LogP contribution in [0.3, 0.4) is 0 Å². The lowest BCUT2D eigenvalue weighted by molar-refractivity contribution is -0.136. The molecule has 0 spiro atoms. The summed E-state index contributed by atoms with van der Waals surface area (Å²) in [5, 5.41) is 0. The molecular weight excluding hydrogens is 240 g/mol. The number of nitrogens with two attached hydrogens (primary N) is 1. The van der Waals surface area contributed by atoms with Crippen molar-refractivity contribution in [2.75, 3.05) is 33.4 Å². The molecule has 106 valence electrons. The summed E-state index contributed by atoms with van der Waals surface area (Å²) in [5.41, 5.74) is 6.05. The molecule has 0 aliphatic rings. The van der Waals surface area contributed by atoms with E-state index in [1.807, 2.05) is 44.2 Å². The fraction of sp³-hybridized carbons (Fsp3) is 0.533. The Balaban J connectivity index is 2.88. The van der Waals surface area contributed by atoms with E-state index in [1.165, 1.54) is 0 Å². The maximum atomic E-state index is 12.7. The second-order valence-electron chi connectivity index (χ2n) is 5.06. The average molecular weight is 264 g/mol. The van der Waals surface area contributed by atoms with Gasteiger partial charge in [0.2, 0.25) is 5.91 Å². The van der Waals surface area contributed by atoms with Gasteiger partial charge in [0.1, 0.15) is 0 Å². The first-order valence-corrected chi connectivity index (χ1v) is 6.58. The Morgan fingerprint density at radius 3 is 2.42 bits per heavy atom. The number of amides is 1. The number of hydrogen-bond acceptors (Lipinski definition) is 3. The topological polar surface area (TPSA) is 55.6 Å². The molecule has 0 aliphatic heterocycles. The Morgan fingerprint density at radius 2 is 1.89 bits per heavy atom. The van der Waals surface area contributed by atoms with Gasteiger partial charge < -0.3 is 15.4 Å². The van der Waals surface area contributed by atoms with Crippen molar-refractivity contribution >= 4 is 5.91 Å². The van der Waals surface area contributed by atoms with Crippen LogP contribution in [0, 0.1) is 0 Å². The van der Waals surface area contributed by atoms with Gasteiger partial charge in [-0.15, -0.1) is 0 Å². The Morgan fingerprint density at radius 1 is 1.26 bits per heavy atom. The molecule has 2 N–H and O–H groups in total. The zero-order chi connectivity index (χ0) is 14.3. The van der Waals surface area contributed by atoms with E-state index in [1.54, 1.807) is 12.0 Å². The van der Waals surface area contributed by atoms with Crippen molar-refractivity contribution in [1.82, 2.24) is 4.90 Å². The number of methoxy groups -OCH3 is 1. The summed E-state index contributed by atoms with van der Waals surface area (Å²) in [6.07, 6.45) is 0. The van der Waals surface area contributed by atoms with E-state index < -0.39 is 5.41 Å². The minimum atomic E-state index is -0.551. The van der Waals surface area contributed by atoms with Gasteiger partial charge >= 0.3 is 0 Å². The number of rotatable bonds is 7. The van der Waals surface area contributed by atoms with E-state index >= 15 is 0 Å². The molecule has 1 rings (SSSR count). The fourth-order valence-electron chi connectivity index (χ4n) is 2.05. The molecule has 0 fully saturated rings. The molecule has 0 aliphatic carbocycles. The summed E-state index contributed by atoms with van der Waals surface area (Å²) >= 11 is 0. The molecule has 0 bridgehead atoms. The first kappa shape index (κ1) is 15.7. The molecule has 0 atom stereocenters. The van der Waals surface area contributed by atoms with E-state index in [0.29, 0.717) is 26.2 Å². The monoisotopic (exact) mass is 264 g/mol. The first-order valence-electron chi connectivity index (χ1n) is 6.58. The van der Waals surface area contributed by atoms with E-state index in [2.05, 4.69) is 0 Å². The average Bonchev–Trinajstić information content (AvgIpc) is 2.43. The molecule has 4 heteroatoms. The zero-order valence-electron chi connectivity index (χ0n) is 12.1. The normalized spacial score (nSPS) is 11.4. The maximum Gasteiger partial charge on any atom is 0.232 e. The van der Waals surface area contributed by atoms with Crippen LogP contribution in [0.4, 0.5) is 0 Å². The van der Waals surface area contributed by atoms with Crippen molar-refractivity contribution < 1.29 is 9.53 Å². The molecule has 1 amide bonds. The van der Waals surface area contributed by atoms with Crippen LogP contribution in [-0.4, -0.2) is 44.2 Å². The Hall–Kier alpha value is -1.39. The van der Waals surface area contributed by atoms with Crippen molar-refractivity contribution in [2.24, 2.45) is 5.73 Å². The predicted molar refractivity (Wildman–Crippen MR) is 77.0 cm³/mol. The van der Waals surface area contributed by atoms with Gasteiger partial charge in [0.15, 0.2) is 0 Å². The molecule has 1 aromatic carbocycles. The minimum absolute atomic E-state index is 0.0844. The lowest BCUT2D eigenvalue weighted by atomic mass is 9.83. The number of ether oxygens (including phenoxy) is 1. The number of carbonyl (C=O) groups excluding carboxylic acids is 1. The van der Waals surface area contributed by atoms with Crippen LogP contribution in [0.15, 0.2) is 30.3 Å². The third-order valence-electron chi connectivity index (χ3n) is 3.28. The molecule has 0 unspecified atom stereocenters. The number of carbonyl (C=O) groups is 1. The van der Waals surface area contributed by atoms with Crippen molar-refractivity contribution in [3.8, 4) is 0 Å². The highest BCUT2D eigenvalue weighted by molar-refractivity contribution is 5.87. The summed E-state index contributed by atoms with van der Waals surface area (Å²) in [7, 11) is 1.63. The fourth-order valence-corrected chi connectivity index (χ4v) is 2.05. The lowest BCUT2D eigenvalue weighted by Crippen LogP contribution is -2.46. The van der Waals surface area contributed by atoms with E-state index in [4.69, 9.17) is 10.5 Å². The van der Waals surface area contributed by atoms with Gasteiger partial charge in [-0.05, 0) is 19.4 Å². The van der Waals surface area contributed by atoms with Gasteiger partial charge in [-0.25, -0.2) is 0 Å². The van der Waals surface area contributed by atoms with Crippen LogP contribution in [0.2, 0.25) is 0 Å². The third-order valence-corrected chi connectivity index (χ3v) is 3.28. The molecule has 4 nitrogen and oxygen atoms in total. The second kappa shape index (κ2) is 7.26. The van der Waals surface area contributed by atoms with Gasteiger partial charge in [-0.2, -0.15) is 0 Å². The Bertz CT molecular complexity index is 390. The largest absolute Gasteiger partial charge is 0.383 e. The molecule has 19 heavy (non-hydrogen) atoms. The summed E-state index contributed by atoms with van der Waals surface area (Å²) in [4.78, 5) is 14.5. The molecule has 0 saturated heterocycles. The summed E-state index contributed by atoms with van der Waals surface area (Å²) in [6, 6.07) is 9.82. The highest BCUT2D eigenvalue weighted by Crippen LogP contribution is 2.25. The highest BCUT2D eigenvalue weighted by atomic mass is 16.5. The van der Waals surface area contributed by atoms with Crippen LogP contribution in [0.25, 0.3) is 0 Å². The van der Waals surface area contributed by atoms with Gasteiger partial charge in [0.05, 0.1) is 12.0 Å². The molecule has 0 saturated carbocycles. The van der Waals surface area contributed by atoms with Crippen LogP contribution < -0.4 is 5.73 Å². The zero-order valence-corrected chi connectivity index (χ0v) is 12.1. The van der Waals surface area contributed by atoms with Gasteiger partial charge in [0, 0.05) is 26.7 Å². The third kappa shape index (κ3) is 4.04. The van der Waals surface area contributed by atoms with Gasteiger partial charge in [0.25, 0.3) is 0 Å². The predicted octanol–water partition coefficient (Wildman–Crippen LogP) is 1.40. The minimum Gasteiger partial charge on any atom is -0.383 e. The molecular formula is C15H24N2O2. The number of benzene rings is 1. The van der Waals surface area contributed by atoms with E-state index in [0.717, 1.165) is 5.56 Å². The Labute approximate surface area is 115 Å². The highest BCUT2D eigenvalue weighted by Gasteiger charge is 2.33. The van der Waals surface area contributed by atoms with Crippen LogP contribution in [0.5, 0.6) is 0 Å². The summed E-state index contributed by atoms with van der Waals surface area (Å²) in [6.45, 7) is 6.00. The van der Waals surface area contributed by atoms with E-state index in [-0.39, 0.29) is 5.91 Å². The molecule has 0 aromatic heterocycles. The molecule has 0 radical (unpaired) electrons. The van der Waals surface area contributed by atoms with Crippen LogP contribution >= 0.6 is 0 Å². The quantitative estimate of drug-likeness (QED) is 0.810. The van der Waals surface area contributed by atoms with Crippen molar-refractivity contribution in [2.45, 2.75) is 19.3 Å². The smallest absolute Gasteiger partial charge is 0.232 e. The van der Waals surface area contributed by atoms with Gasteiger partial charge in [-0.1, -0.05) is 30.3 Å². The second-order valence-corrected chi connectivity index (χ2v) is 5.06. The summed E-state index contributed by atoms with van der Waals surface area (Å²) in [5.74, 6) is 0.0844. The maximum absolute atomic E-state index is 12.7. The standard InChI is InChI=1S/C15H24N2O2/c1-15(2,13-7-5-4-6-8-13)14(18)17(10-9-16)11-12-19-3/h4-8H,9-12,16H2,1-3H3. The van der Waals surface area contributed by atoms with Crippen LogP contribution in [-0.2, 0) is 14.9 Å². The van der Waals surface area contributed by atoms with Crippen LogP contribution in [0.1, 0.15) is 19.4 Å². The van der Waals surface area contributed by atoms with Crippen molar-refractivity contribution in [3.05, 3.63) is 35.9 Å². The SMILES string of the molecule is COCCN(CCN)C(=O)C(C)(C)c1ccccc1. The lowest BCUT2D eigenvalue weighted by Gasteiger charge is -2.32. The number of nitrogens with zero attached hydrogens (tertiary/aromatic N) is 1. The molecule has 0 heterocycles. The number of hydrogen-bond donors (Lipinski definition) is 1. The Kier molecular flexibility index (Phi) is 5.99. The van der Waals surface area contributed by atoms with E-state index in [9.17, 15) is 4.79 Å². The van der Waals surface area contributed by atoms with Crippen molar-refractivity contribution in [3.63, 3.8) is 0 Å². The first-order chi connectivity index (χ1) is 9.04. The summed E-state index contributed by atoms with van der Waals surface area (Å²) < 4.78 is 5.05.